The van der Waals surface area contributed by atoms with E-state index in [0.717, 1.165) is 16.7 Å². The largest absolute Gasteiger partial charge is 0.496 e. The minimum absolute atomic E-state index is 0.0353. The molecule has 3 aromatic carbocycles. The topological polar surface area (TPSA) is 93.9 Å². The Morgan fingerprint density at radius 2 is 1.56 bits per heavy atom. The number of piperidine rings is 2. The highest BCUT2D eigenvalue weighted by molar-refractivity contribution is 6.42. The van der Waals surface area contributed by atoms with Crippen LogP contribution in [0.1, 0.15) is 53.6 Å². The van der Waals surface area contributed by atoms with Crippen LogP contribution < -0.4 is 4.74 Å². The molecule has 2 fully saturated rings. The van der Waals surface area contributed by atoms with E-state index in [1.807, 2.05) is 41.3 Å². The van der Waals surface area contributed by atoms with Crippen LogP contribution in [0.3, 0.4) is 0 Å². The second kappa shape index (κ2) is 13.9. The van der Waals surface area contributed by atoms with Gasteiger partial charge in [0, 0.05) is 58.0 Å². The molecule has 5 rings (SSSR count). The van der Waals surface area contributed by atoms with Gasteiger partial charge in [0.2, 0.25) is 11.8 Å². The summed E-state index contributed by atoms with van der Waals surface area (Å²) in [5.74, 6) is 0.0332. The number of hydrogen-bond donors (Lipinski definition) is 0. The molecule has 0 aromatic heterocycles. The van der Waals surface area contributed by atoms with Gasteiger partial charge in [-0.15, -0.1) is 0 Å². The smallest absolute Gasteiger partial charge is 0.257 e. The normalized spacial score (nSPS) is 18.7. The van der Waals surface area contributed by atoms with Crippen molar-refractivity contribution in [2.24, 2.45) is 5.92 Å². The van der Waals surface area contributed by atoms with Gasteiger partial charge in [-0.3, -0.25) is 14.4 Å². The van der Waals surface area contributed by atoms with E-state index in [1.165, 1.54) is 7.11 Å². The van der Waals surface area contributed by atoms with Gasteiger partial charge in [-0.2, -0.15) is 5.26 Å². The molecule has 45 heavy (non-hydrogen) atoms. The molecule has 2 atom stereocenters. The molecule has 0 aliphatic carbocycles. The number of hydrogen-bond acceptors (Lipinski definition) is 5. The van der Waals surface area contributed by atoms with Crippen LogP contribution in [0.4, 0.5) is 0 Å². The molecule has 2 aliphatic rings. The Hall–Kier alpha value is -4.06. The van der Waals surface area contributed by atoms with Gasteiger partial charge in [0.25, 0.3) is 5.91 Å². The summed E-state index contributed by atoms with van der Waals surface area (Å²) in [5.41, 5.74) is 3.59. The highest BCUT2D eigenvalue weighted by Crippen LogP contribution is 2.37. The quantitative estimate of drug-likeness (QED) is 0.315. The molecule has 0 N–H and O–H groups in total. The van der Waals surface area contributed by atoms with Crippen LogP contribution in [0.25, 0.3) is 11.1 Å². The molecule has 0 spiro atoms. The zero-order valence-electron chi connectivity index (χ0n) is 25.6. The highest BCUT2D eigenvalue weighted by atomic mass is 35.5. The second-order valence-corrected chi connectivity index (χ2v) is 12.5. The Morgan fingerprint density at radius 3 is 2.18 bits per heavy atom. The fourth-order valence-electron chi connectivity index (χ4n) is 6.51. The first-order valence-electron chi connectivity index (χ1n) is 15.1. The van der Waals surface area contributed by atoms with Crippen LogP contribution in [0.2, 0.25) is 10.0 Å². The van der Waals surface area contributed by atoms with Crippen molar-refractivity contribution in [2.75, 3.05) is 40.3 Å². The molecule has 0 saturated carbocycles. The van der Waals surface area contributed by atoms with Crippen molar-refractivity contribution in [3.8, 4) is 22.9 Å². The third-order valence-electron chi connectivity index (χ3n) is 9.14. The number of carbonyl (C=O) groups is 3. The Labute approximate surface area is 274 Å². The first-order chi connectivity index (χ1) is 21.6. The molecule has 3 amide bonds. The van der Waals surface area contributed by atoms with Gasteiger partial charge in [-0.05, 0) is 72.4 Å². The van der Waals surface area contributed by atoms with E-state index in [-0.39, 0.29) is 35.6 Å². The SMILES string of the molecule is COc1ccc(-c2ccc(C#N)cc2)cc1C(=O)N(C)[C@@H]1CCN(C(=O)C2CCN(C(C)=O)CC2)C[C@H]1c1ccc(Cl)c(Cl)c1. The zero-order chi connectivity index (χ0) is 32.2. The fourth-order valence-corrected chi connectivity index (χ4v) is 6.81. The number of likely N-dealkylation sites (tertiary alicyclic amines) is 2. The van der Waals surface area contributed by atoms with E-state index in [2.05, 4.69) is 6.07 Å². The molecule has 0 radical (unpaired) electrons. The third kappa shape index (κ3) is 6.95. The van der Waals surface area contributed by atoms with Crippen molar-refractivity contribution < 1.29 is 19.1 Å². The predicted octanol–water partition coefficient (Wildman–Crippen LogP) is 6.26. The first kappa shape index (κ1) is 32.3. The number of carbonyl (C=O) groups excluding carboxylic acids is 3. The standard InChI is InChI=1S/C35H36Cl2N4O4/c1-22(42)40-15-12-25(13-16-40)34(43)41-17-14-32(29(21-41)27-8-10-30(36)31(37)19-27)39(2)35(44)28-18-26(9-11-33(28)45-3)24-6-4-23(20-38)5-7-24/h4-11,18-19,25,29,32H,12-17,21H2,1-3H3/t29-,32+/m0/s1. The minimum Gasteiger partial charge on any atom is -0.496 e. The van der Waals surface area contributed by atoms with E-state index in [0.29, 0.717) is 72.4 Å². The number of amides is 3. The number of ether oxygens (including phenoxy) is 1. The summed E-state index contributed by atoms with van der Waals surface area (Å²) in [6, 6.07) is 20.1. The van der Waals surface area contributed by atoms with Gasteiger partial charge in [0.1, 0.15) is 5.75 Å². The average Bonchev–Trinajstić information content (AvgIpc) is 3.08. The number of halogens is 2. The molecule has 2 heterocycles. The van der Waals surface area contributed by atoms with Crippen molar-refractivity contribution in [2.45, 2.75) is 38.1 Å². The molecule has 10 heteroatoms. The Kier molecular flexibility index (Phi) is 10.0. The Bertz CT molecular complexity index is 1630. The number of nitriles is 1. The molecular formula is C35H36Cl2N4O4. The van der Waals surface area contributed by atoms with E-state index < -0.39 is 0 Å². The van der Waals surface area contributed by atoms with Crippen molar-refractivity contribution in [1.29, 1.82) is 5.26 Å². The lowest BCUT2D eigenvalue weighted by Gasteiger charge is -2.44. The monoisotopic (exact) mass is 646 g/mol. The molecule has 0 bridgehead atoms. The number of benzene rings is 3. The zero-order valence-corrected chi connectivity index (χ0v) is 27.1. The average molecular weight is 648 g/mol. The van der Waals surface area contributed by atoms with Gasteiger partial charge >= 0.3 is 0 Å². The van der Waals surface area contributed by atoms with E-state index >= 15 is 0 Å². The maximum Gasteiger partial charge on any atom is 0.257 e. The first-order valence-corrected chi connectivity index (χ1v) is 15.8. The lowest BCUT2D eigenvalue weighted by molar-refractivity contribution is -0.141. The van der Waals surface area contributed by atoms with Crippen molar-refractivity contribution >= 4 is 40.9 Å². The van der Waals surface area contributed by atoms with Gasteiger partial charge in [-0.1, -0.05) is 47.5 Å². The van der Waals surface area contributed by atoms with Crippen LogP contribution in [-0.2, 0) is 9.59 Å². The molecular weight excluding hydrogens is 611 g/mol. The third-order valence-corrected chi connectivity index (χ3v) is 9.88. The fraction of sp³-hybridized carbons (Fsp3) is 0.371. The maximum atomic E-state index is 14.2. The molecule has 8 nitrogen and oxygen atoms in total. The summed E-state index contributed by atoms with van der Waals surface area (Å²) in [4.78, 5) is 45.2. The van der Waals surface area contributed by atoms with Gasteiger partial charge in [0.15, 0.2) is 0 Å². The van der Waals surface area contributed by atoms with Crippen LogP contribution in [-0.4, -0.2) is 78.8 Å². The summed E-state index contributed by atoms with van der Waals surface area (Å²) in [6.45, 7) is 3.66. The molecule has 2 aliphatic heterocycles. The number of likely N-dealkylation sites (N-methyl/N-ethyl adjacent to an activating group) is 1. The number of methoxy groups -OCH3 is 1. The van der Waals surface area contributed by atoms with E-state index in [4.69, 9.17) is 27.9 Å². The summed E-state index contributed by atoms with van der Waals surface area (Å²) < 4.78 is 5.61. The van der Waals surface area contributed by atoms with Crippen molar-refractivity contribution in [3.05, 3.63) is 87.4 Å². The lowest BCUT2D eigenvalue weighted by Crippen LogP contribution is -2.53. The van der Waals surface area contributed by atoms with Crippen molar-refractivity contribution in [1.82, 2.24) is 14.7 Å². The predicted molar refractivity (Wildman–Crippen MR) is 174 cm³/mol. The van der Waals surface area contributed by atoms with Crippen LogP contribution in [0.5, 0.6) is 5.75 Å². The molecule has 234 valence electrons. The van der Waals surface area contributed by atoms with E-state index in [9.17, 15) is 19.6 Å². The maximum absolute atomic E-state index is 14.2. The Balaban J connectivity index is 1.42. The Morgan fingerprint density at radius 1 is 0.889 bits per heavy atom. The highest BCUT2D eigenvalue weighted by Gasteiger charge is 2.39. The summed E-state index contributed by atoms with van der Waals surface area (Å²) in [5, 5.41) is 10.0. The number of rotatable bonds is 6. The second-order valence-electron chi connectivity index (χ2n) is 11.7. The van der Waals surface area contributed by atoms with Gasteiger partial charge in [0.05, 0.1) is 34.4 Å². The molecule has 0 unspecified atom stereocenters. The molecule has 2 saturated heterocycles. The van der Waals surface area contributed by atoms with Crippen LogP contribution >= 0.6 is 23.2 Å². The summed E-state index contributed by atoms with van der Waals surface area (Å²) in [6.07, 6.45) is 1.86. The van der Waals surface area contributed by atoms with Crippen molar-refractivity contribution in [3.63, 3.8) is 0 Å². The van der Waals surface area contributed by atoms with Crippen LogP contribution in [0, 0.1) is 17.2 Å². The molecule has 3 aromatic rings. The summed E-state index contributed by atoms with van der Waals surface area (Å²) >= 11 is 12.7. The van der Waals surface area contributed by atoms with E-state index in [1.54, 1.807) is 48.0 Å². The van der Waals surface area contributed by atoms with Gasteiger partial charge < -0.3 is 19.4 Å². The van der Waals surface area contributed by atoms with Crippen LogP contribution in [0.15, 0.2) is 60.7 Å². The van der Waals surface area contributed by atoms with Gasteiger partial charge in [-0.25, -0.2) is 0 Å². The lowest BCUT2D eigenvalue weighted by atomic mass is 9.83. The minimum atomic E-state index is -0.235. The summed E-state index contributed by atoms with van der Waals surface area (Å²) in [7, 11) is 3.33. The number of nitrogens with zero attached hydrogens (tertiary/aromatic N) is 4.